The molecule has 0 fully saturated rings. The lowest BCUT2D eigenvalue weighted by Crippen LogP contribution is -1.99. The molecule has 0 saturated heterocycles. The van der Waals surface area contributed by atoms with Crippen LogP contribution in [-0.2, 0) is 13.6 Å². The van der Waals surface area contributed by atoms with E-state index < -0.39 is 0 Å². The Morgan fingerprint density at radius 3 is 2.69 bits per heavy atom. The Balaban J connectivity index is 2.43. The van der Waals surface area contributed by atoms with E-state index in [1.54, 1.807) is 16.0 Å². The quantitative estimate of drug-likeness (QED) is 0.888. The van der Waals surface area contributed by atoms with Gasteiger partial charge in [0, 0.05) is 24.7 Å². The van der Waals surface area contributed by atoms with Gasteiger partial charge in [0.15, 0.2) is 0 Å². The predicted molar refractivity (Wildman–Crippen MR) is 66.3 cm³/mol. The fourth-order valence-electron chi connectivity index (χ4n) is 1.60. The average molecular weight is 236 g/mol. The second-order valence-corrected chi connectivity index (χ2v) is 5.14. The molecular weight excluding hydrogens is 220 g/mol. The number of thiazole rings is 1. The lowest BCUT2D eigenvalue weighted by Gasteiger charge is -2.01. The van der Waals surface area contributed by atoms with Crippen LogP contribution in [0.25, 0.3) is 10.7 Å². The number of hydrogen-bond acceptors (Lipinski definition) is 4. The van der Waals surface area contributed by atoms with Gasteiger partial charge < -0.3 is 5.73 Å². The summed E-state index contributed by atoms with van der Waals surface area (Å²) in [5.74, 6) is 0.410. The van der Waals surface area contributed by atoms with Crippen molar-refractivity contribution >= 4 is 11.3 Å². The molecule has 0 radical (unpaired) electrons. The third-order valence-corrected chi connectivity index (χ3v) is 3.51. The standard InChI is InChI=1S/C11H16N4S/c1-7(2)10-9(6-12)16-11(13-10)8-4-5-15(3)14-8/h4-5,7H,6,12H2,1-3H3. The molecule has 0 unspecified atom stereocenters. The van der Waals surface area contributed by atoms with Crippen LogP contribution in [0, 0.1) is 0 Å². The van der Waals surface area contributed by atoms with Crippen LogP contribution in [-0.4, -0.2) is 14.8 Å². The van der Waals surface area contributed by atoms with E-state index in [1.165, 1.54) is 0 Å². The first-order chi connectivity index (χ1) is 7.61. The molecule has 0 saturated carbocycles. The average Bonchev–Trinajstić information content (AvgIpc) is 2.82. The minimum Gasteiger partial charge on any atom is -0.326 e. The fraction of sp³-hybridized carbons (Fsp3) is 0.455. The largest absolute Gasteiger partial charge is 0.326 e. The molecule has 0 amide bonds. The maximum absolute atomic E-state index is 5.73. The maximum Gasteiger partial charge on any atom is 0.144 e. The van der Waals surface area contributed by atoms with Crippen LogP contribution in [0.1, 0.15) is 30.3 Å². The van der Waals surface area contributed by atoms with Gasteiger partial charge in [-0.15, -0.1) is 11.3 Å². The van der Waals surface area contributed by atoms with E-state index >= 15 is 0 Å². The molecular formula is C11H16N4S. The summed E-state index contributed by atoms with van der Waals surface area (Å²) in [6.45, 7) is 4.82. The van der Waals surface area contributed by atoms with E-state index in [0.29, 0.717) is 12.5 Å². The molecule has 4 nitrogen and oxygen atoms in total. The first-order valence-electron chi connectivity index (χ1n) is 5.31. The summed E-state index contributed by atoms with van der Waals surface area (Å²) in [7, 11) is 1.91. The van der Waals surface area contributed by atoms with Crippen LogP contribution in [0.3, 0.4) is 0 Å². The molecule has 2 heterocycles. The van der Waals surface area contributed by atoms with Gasteiger partial charge in [0.25, 0.3) is 0 Å². The van der Waals surface area contributed by atoms with Gasteiger partial charge in [-0.3, -0.25) is 4.68 Å². The molecule has 16 heavy (non-hydrogen) atoms. The number of nitrogens with zero attached hydrogens (tertiary/aromatic N) is 3. The van der Waals surface area contributed by atoms with Gasteiger partial charge in [-0.2, -0.15) is 5.10 Å². The van der Waals surface area contributed by atoms with Gasteiger partial charge in [-0.05, 0) is 12.0 Å². The zero-order chi connectivity index (χ0) is 11.7. The molecule has 0 aliphatic heterocycles. The highest BCUT2D eigenvalue weighted by atomic mass is 32.1. The van der Waals surface area contributed by atoms with E-state index in [9.17, 15) is 0 Å². The molecule has 2 N–H and O–H groups in total. The molecule has 2 aromatic heterocycles. The van der Waals surface area contributed by atoms with Crippen molar-refractivity contribution < 1.29 is 0 Å². The summed E-state index contributed by atoms with van der Waals surface area (Å²) in [5.41, 5.74) is 7.76. The highest BCUT2D eigenvalue weighted by Gasteiger charge is 2.15. The van der Waals surface area contributed by atoms with Crippen molar-refractivity contribution in [3.8, 4) is 10.7 Å². The van der Waals surface area contributed by atoms with E-state index in [2.05, 4.69) is 23.9 Å². The van der Waals surface area contributed by atoms with Crippen LogP contribution in [0.15, 0.2) is 12.3 Å². The van der Waals surface area contributed by atoms with Crippen molar-refractivity contribution in [2.24, 2.45) is 12.8 Å². The molecule has 2 aromatic rings. The topological polar surface area (TPSA) is 56.7 Å². The zero-order valence-electron chi connectivity index (χ0n) is 9.77. The summed E-state index contributed by atoms with van der Waals surface area (Å²) < 4.78 is 1.79. The highest BCUT2D eigenvalue weighted by molar-refractivity contribution is 7.15. The fourth-order valence-corrected chi connectivity index (χ4v) is 2.66. The molecule has 2 rings (SSSR count). The normalized spacial score (nSPS) is 11.3. The third-order valence-electron chi connectivity index (χ3n) is 2.39. The van der Waals surface area contributed by atoms with Crippen LogP contribution in [0.4, 0.5) is 0 Å². The smallest absolute Gasteiger partial charge is 0.144 e. The molecule has 0 bridgehead atoms. The van der Waals surface area contributed by atoms with Crippen LogP contribution in [0.2, 0.25) is 0 Å². The lowest BCUT2D eigenvalue weighted by molar-refractivity contribution is 0.769. The second-order valence-electron chi connectivity index (χ2n) is 4.06. The van der Waals surface area contributed by atoms with Gasteiger partial charge in [0.05, 0.1) is 5.69 Å². The summed E-state index contributed by atoms with van der Waals surface area (Å²) >= 11 is 1.64. The number of rotatable bonds is 3. The third kappa shape index (κ3) is 2.01. The van der Waals surface area contributed by atoms with Gasteiger partial charge in [0.1, 0.15) is 10.7 Å². The molecule has 0 aromatic carbocycles. The van der Waals surface area contributed by atoms with Crippen molar-refractivity contribution in [3.05, 3.63) is 22.8 Å². The summed E-state index contributed by atoms with van der Waals surface area (Å²) in [5, 5.41) is 5.32. The number of hydrogen-bond donors (Lipinski definition) is 1. The van der Waals surface area contributed by atoms with Crippen molar-refractivity contribution in [2.75, 3.05) is 0 Å². The lowest BCUT2D eigenvalue weighted by atomic mass is 10.1. The van der Waals surface area contributed by atoms with Gasteiger partial charge >= 0.3 is 0 Å². The number of aryl methyl sites for hydroxylation is 1. The maximum atomic E-state index is 5.73. The Morgan fingerprint density at radius 2 is 2.25 bits per heavy atom. The molecule has 0 aliphatic carbocycles. The Morgan fingerprint density at radius 1 is 1.50 bits per heavy atom. The minimum absolute atomic E-state index is 0.410. The Hall–Kier alpha value is -1.20. The summed E-state index contributed by atoms with van der Waals surface area (Å²) in [6.07, 6.45) is 1.92. The number of aromatic nitrogens is 3. The molecule has 0 aliphatic rings. The highest BCUT2D eigenvalue weighted by Crippen LogP contribution is 2.30. The van der Waals surface area contributed by atoms with E-state index in [4.69, 9.17) is 5.73 Å². The zero-order valence-corrected chi connectivity index (χ0v) is 10.6. The molecule has 5 heteroatoms. The molecule has 0 atom stereocenters. The van der Waals surface area contributed by atoms with E-state index in [0.717, 1.165) is 21.3 Å². The first-order valence-corrected chi connectivity index (χ1v) is 6.13. The van der Waals surface area contributed by atoms with Crippen molar-refractivity contribution in [3.63, 3.8) is 0 Å². The number of nitrogens with two attached hydrogens (primary N) is 1. The minimum atomic E-state index is 0.410. The Labute approximate surface area is 99.1 Å². The van der Waals surface area contributed by atoms with E-state index in [1.807, 2.05) is 19.3 Å². The molecule has 0 spiro atoms. The van der Waals surface area contributed by atoms with Crippen molar-refractivity contribution in [1.82, 2.24) is 14.8 Å². The van der Waals surface area contributed by atoms with E-state index in [-0.39, 0.29) is 0 Å². The van der Waals surface area contributed by atoms with Gasteiger partial charge in [-0.1, -0.05) is 13.8 Å². The van der Waals surface area contributed by atoms with Crippen LogP contribution >= 0.6 is 11.3 Å². The van der Waals surface area contributed by atoms with Crippen molar-refractivity contribution in [1.29, 1.82) is 0 Å². The van der Waals surface area contributed by atoms with Crippen LogP contribution < -0.4 is 5.73 Å². The first kappa shape index (κ1) is 11.3. The summed E-state index contributed by atoms with van der Waals surface area (Å²) in [6, 6.07) is 1.98. The Kier molecular flexibility index (Phi) is 3.07. The molecule has 86 valence electrons. The van der Waals surface area contributed by atoms with Gasteiger partial charge in [0.2, 0.25) is 0 Å². The van der Waals surface area contributed by atoms with Crippen LogP contribution in [0.5, 0.6) is 0 Å². The van der Waals surface area contributed by atoms with Gasteiger partial charge in [-0.25, -0.2) is 4.98 Å². The van der Waals surface area contributed by atoms with Crippen molar-refractivity contribution in [2.45, 2.75) is 26.3 Å². The SMILES string of the molecule is CC(C)c1nc(-c2ccn(C)n2)sc1CN. The predicted octanol–water partition coefficient (Wildman–Crippen LogP) is 2.13. The summed E-state index contributed by atoms with van der Waals surface area (Å²) in [4.78, 5) is 5.79. The Bertz CT molecular complexity index is 484. The second kappa shape index (κ2) is 4.35. The monoisotopic (exact) mass is 236 g/mol.